The van der Waals surface area contributed by atoms with Gasteiger partial charge in [0.25, 0.3) is 0 Å². The smallest absolute Gasteiger partial charge is 0.366 e. The van der Waals surface area contributed by atoms with Gasteiger partial charge in [0.2, 0.25) is 0 Å². The van der Waals surface area contributed by atoms with Crippen LogP contribution in [0.25, 0.3) is 0 Å². The topological polar surface area (TPSA) is 37.8 Å². The normalized spacial score (nSPS) is 23.9. The van der Waals surface area contributed by atoms with Crippen LogP contribution in [0.5, 0.6) is 0 Å². The zero-order valence-corrected chi connectivity index (χ0v) is 10.3. The fourth-order valence-electron chi connectivity index (χ4n) is 2.08. The molecule has 1 heterocycles. The second kappa shape index (κ2) is 4.74. The zero-order chi connectivity index (χ0) is 13.3. The molecule has 1 aromatic rings. The zero-order valence-electron chi connectivity index (χ0n) is 10.3. The highest BCUT2D eigenvalue weighted by atomic mass is 19.4. The first-order valence-electron chi connectivity index (χ1n) is 6.02. The van der Waals surface area contributed by atoms with Crippen LogP contribution in [0.15, 0.2) is 12.4 Å². The van der Waals surface area contributed by atoms with E-state index in [-0.39, 0.29) is 0 Å². The van der Waals surface area contributed by atoms with Crippen molar-refractivity contribution in [2.24, 2.45) is 11.8 Å². The third-order valence-corrected chi connectivity index (χ3v) is 3.41. The van der Waals surface area contributed by atoms with Gasteiger partial charge in [-0.05, 0) is 24.7 Å². The Morgan fingerprint density at radius 3 is 2.33 bits per heavy atom. The van der Waals surface area contributed by atoms with E-state index in [9.17, 15) is 13.2 Å². The molecule has 1 fully saturated rings. The van der Waals surface area contributed by atoms with Crippen molar-refractivity contribution < 1.29 is 13.2 Å². The first-order valence-corrected chi connectivity index (χ1v) is 6.02. The third-order valence-electron chi connectivity index (χ3n) is 3.41. The summed E-state index contributed by atoms with van der Waals surface area (Å²) in [6, 6.07) is 0.309. The maximum Gasteiger partial charge on any atom is 0.434 e. The lowest BCUT2D eigenvalue weighted by atomic mass is 9.74. The van der Waals surface area contributed by atoms with Gasteiger partial charge < -0.3 is 5.32 Å². The Balaban J connectivity index is 1.89. The average Bonchev–Trinajstić information content (AvgIpc) is 2.21. The van der Waals surface area contributed by atoms with Gasteiger partial charge in [0.15, 0.2) is 5.69 Å². The molecule has 0 bridgehead atoms. The summed E-state index contributed by atoms with van der Waals surface area (Å²) in [5.41, 5.74) is -0.957. The Morgan fingerprint density at radius 1 is 1.22 bits per heavy atom. The van der Waals surface area contributed by atoms with E-state index >= 15 is 0 Å². The Bertz CT molecular complexity index is 394. The van der Waals surface area contributed by atoms with Crippen LogP contribution in [0.1, 0.15) is 32.4 Å². The standard InChI is InChI=1S/C12H16F3N3/c1-7(2)8-3-9(4-8)18-11-6-16-10(5-17-11)12(13,14)15/h5-9H,3-4H2,1-2H3,(H,17,18). The molecule has 0 saturated heterocycles. The van der Waals surface area contributed by atoms with E-state index in [0.717, 1.165) is 25.2 Å². The van der Waals surface area contributed by atoms with Crippen LogP contribution in [0.2, 0.25) is 0 Å². The number of anilines is 1. The minimum atomic E-state index is -4.43. The van der Waals surface area contributed by atoms with Crippen LogP contribution in [0.3, 0.4) is 0 Å². The molecule has 0 amide bonds. The summed E-state index contributed by atoms with van der Waals surface area (Å²) in [5.74, 6) is 1.77. The van der Waals surface area contributed by atoms with Gasteiger partial charge in [-0.1, -0.05) is 13.8 Å². The maximum absolute atomic E-state index is 12.3. The van der Waals surface area contributed by atoms with Crippen LogP contribution in [-0.2, 0) is 6.18 Å². The van der Waals surface area contributed by atoms with E-state index < -0.39 is 11.9 Å². The summed E-state index contributed by atoms with van der Waals surface area (Å²) in [7, 11) is 0. The predicted octanol–water partition coefficient (Wildman–Crippen LogP) is 3.34. The van der Waals surface area contributed by atoms with E-state index in [1.54, 1.807) is 0 Å². The van der Waals surface area contributed by atoms with Crippen molar-refractivity contribution in [1.82, 2.24) is 9.97 Å². The minimum Gasteiger partial charge on any atom is -0.366 e. The number of aromatic nitrogens is 2. The Morgan fingerprint density at radius 2 is 1.89 bits per heavy atom. The van der Waals surface area contributed by atoms with Crippen LogP contribution < -0.4 is 5.32 Å². The number of rotatable bonds is 3. The number of alkyl halides is 3. The molecule has 6 heteroatoms. The van der Waals surface area contributed by atoms with Gasteiger partial charge in [0, 0.05) is 6.04 Å². The van der Waals surface area contributed by atoms with Crippen LogP contribution >= 0.6 is 0 Å². The van der Waals surface area contributed by atoms with Gasteiger partial charge >= 0.3 is 6.18 Å². The molecule has 0 spiro atoms. The quantitative estimate of drug-likeness (QED) is 0.904. The summed E-state index contributed by atoms with van der Waals surface area (Å²) in [6.07, 6.45) is -0.433. The predicted molar refractivity (Wildman–Crippen MR) is 62.0 cm³/mol. The summed E-state index contributed by atoms with van der Waals surface area (Å²) >= 11 is 0. The van der Waals surface area contributed by atoms with Crippen molar-refractivity contribution in [3.05, 3.63) is 18.1 Å². The Labute approximate surface area is 104 Å². The van der Waals surface area contributed by atoms with Crippen molar-refractivity contribution in [2.45, 2.75) is 38.9 Å². The van der Waals surface area contributed by atoms with Crippen LogP contribution in [0.4, 0.5) is 19.0 Å². The second-order valence-electron chi connectivity index (χ2n) is 5.10. The minimum absolute atomic E-state index is 0.309. The molecule has 1 N–H and O–H groups in total. The lowest BCUT2D eigenvalue weighted by Crippen LogP contribution is -2.38. The summed E-state index contributed by atoms with van der Waals surface area (Å²) < 4.78 is 36.8. The highest BCUT2D eigenvalue weighted by Gasteiger charge is 2.34. The highest BCUT2D eigenvalue weighted by molar-refractivity contribution is 5.33. The van der Waals surface area contributed by atoms with E-state index in [1.165, 1.54) is 0 Å². The van der Waals surface area contributed by atoms with Gasteiger partial charge in [0.1, 0.15) is 5.82 Å². The molecular formula is C12H16F3N3. The molecule has 0 aromatic carbocycles. The Hall–Kier alpha value is -1.33. The largest absolute Gasteiger partial charge is 0.434 e. The van der Waals surface area contributed by atoms with Crippen molar-refractivity contribution in [1.29, 1.82) is 0 Å². The van der Waals surface area contributed by atoms with Gasteiger partial charge in [-0.2, -0.15) is 13.2 Å². The maximum atomic E-state index is 12.3. The van der Waals surface area contributed by atoms with Crippen molar-refractivity contribution >= 4 is 5.82 Å². The fourth-order valence-corrected chi connectivity index (χ4v) is 2.08. The number of nitrogens with zero attached hydrogens (tertiary/aromatic N) is 2. The van der Waals surface area contributed by atoms with Crippen molar-refractivity contribution in [3.8, 4) is 0 Å². The number of hydrogen-bond acceptors (Lipinski definition) is 3. The molecule has 3 nitrogen and oxygen atoms in total. The molecule has 0 aliphatic heterocycles. The van der Waals surface area contributed by atoms with Gasteiger partial charge in [-0.25, -0.2) is 9.97 Å². The molecule has 0 unspecified atom stereocenters. The lowest BCUT2D eigenvalue weighted by Gasteiger charge is -2.38. The molecule has 1 saturated carbocycles. The number of hydrogen-bond donors (Lipinski definition) is 1. The van der Waals surface area contributed by atoms with Gasteiger partial charge in [0.05, 0.1) is 12.4 Å². The second-order valence-corrected chi connectivity index (χ2v) is 5.10. The SMILES string of the molecule is CC(C)C1CC(Nc2cnc(C(F)(F)F)cn2)C1. The molecule has 0 atom stereocenters. The molecule has 1 aliphatic rings. The van der Waals surface area contributed by atoms with Gasteiger partial charge in [-0.3, -0.25) is 0 Å². The van der Waals surface area contributed by atoms with E-state index in [4.69, 9.17) is 0 Å². The van der Waals surface area contributed by atoms with E-state index in [1.807, 2.05) is 0 Å². The van der Waals surface area contributed by atoms with Crippen LogP contribution in [-0.4, -0.2) is 16.0 Å². The van der Waals surface area contributed by atoms with Crippen LogP contribution in [0, 0.1) is 11.8 Å². The van der Waals surface area contributed by atoms with Gasteiger partial charge in [-0.15, -0.1) is 0 Å². The Kier molecular flexibility index (Phi) is 3.45. The number of halogens is 3. The molecular weight excluding hydrogens is 243 g/mol. The fraction of sp³-hybridized carbons (Fsp3) is 0.667. The lowest BCUT2D eigenvalue weighted by molar-refractivity contribution is -0.141. The molecule has 1 aromatic heterocycles. The molecule has 0 radical (unpaired) electrons. The third kappa shape index (κ3) is 2.91. The first-order chi connectivity index (χ1) is 8.36. The van der Waals surface area contributed by atoms with Crippen molar-refractivity contribution in [2.75, 3.05) is 5.32 Å². The molecule has 1 aliphatic carbocycles. The number of nitrogens with one attached hydrogen (secondary N) is 1. The average molecular weight is 259 g/mol. The monoisotopic (exact) mass is 259 g/mol. The molecule has 18 heavy (non-hydrogen) atoms. The summed E-state index contributed by atoms with van der Waals surface area (Å²) in [4.78, 5) is 7.11. The molecule has 2 rings (SSSR count). The summed E-state index contributed by atoms with van der Waals surface area (Å²) in [6.45, 7) is 4.36. The van der Waals surface area contributed by atoms with E-state index in [0.29, 0.717) is 23.7 Å². The highest BCUT2D eigenvalue weighted by Crippen LogP contribution is 2.35. The van der Waals surface area contributed by atoms with E-state index in [2.05, 4.69) is 29.1 Å². The first kappa shape index (κ1) is 13.1. The summed E-state index contributed by atoms with van der Waals surface area (Å²) in [5, 5.41) is 3.10. The molecule has 100 valence electrons. The van der Waals surface area contributed by atoms with Crippen molar-refractivity contribution in [3.63, 3.8) is 0 Å².